The van der Waals surface area contributed by atoms with Crippen LogP contribution in [0.4, 0.5) is 0 Å². The van der Waals surface area contributed by atoms with Gasteiger partial charge in [-0.1, -0.05) is 77.6 Å². The molecule has 204 valence electrons. The second-order valence-electron chi connectivity index (χ2n) is 11.9. The fourth-order valence-corrected chi connectivity index (χ4v) is 12.4. The molecule has 1 aromatic rings. The van der Waals surface area contributed by atoms with E-state index in [9.17, 15) is 14.4 Å². The molecule has 0 amide bonds. The molecule has 1 aromatic carbocycles. The van der Waals surface area contributed by atoms with Gasteiger partial charge in [-0.15, -0.1) is 0 Å². The lowest BCUT2D eigenvalue weighted by Gasteiger charge is -2.41. The Morgan fingerprint density at radius 3 is 1.89 bits per heavy atom. The van der Waals surface area contributed by atoms with Crippen LogP contribution in [-0.4, -0.2) is 25.6 Å². The number of benzene rings is 1. The third-order valence-electron chi connectivity index (χ3n) is 8.92. The normalized spacial score (nSPS) is 18.9. The van der Waals surface area contributed by atoms with Gasteiger partial charge in [0.25, 0.3) is 0 Å². The van der Waals surface area contributed by atoms with E-state index in [1.165, 1.54) is 0 Å². The zero-order valence-electron chi connectivity index (χ0n) is 24.6. The van der Waals surface area contributed by atoms with Crippen LogP contribution in [0.3, 0.4) is 0 Å². The van der Waals surface area contributed by atoms with Crippen molar-refractivity contribution in [2.75, 3.05) is 0 Å². The van der Waals surface area contributed by atoms with E-state index in [4.69, 9.17) is 4.74 Å². The van der Waals surface area contributed by atoms with Crippen molar-refractivity contribution in [3.8, 4) is 0 Å². The summed E-state index contributed by atoms with van der Waals surface area (Å²) in [4.78, 5) is 38.8. The lowest BCUT2D eigenvalue weighted by Crippen LogP contribution is -2.43. The van der Waals surface area contributed by atoms with Crippen molar-refractivity contribution in [2.45, 2.75) is 104 Å². The first-order chi connectivity index (χ1) is 17.8. The standard InChI is InChI=1S/C33H44O4Si/c1-20(2)38(21(3)4,22(5)6)19-29-27(18-30(34)37-29)16-13-17-28(26-14-11-10-12-15-26)31-25(9)32(35)23(7)24(8)33(31)36/h10-12,14-15,18-22,28H,13,16-17H2,1-9H3/b29-19-. The van der Waals surface area contributed by atoms with E-state index < -0.39 is 8.07 Å². The summed E-state index contributed by atoms with van der Waals surface area (Å²) in [7, 11) is -1.92. The summed E-state index contributed by atoms with van der Waals surface area (Å²) in [5.41, 5.74) is 8.10. The fraction of sp³-hybridized carbons (Fsp3) is 0.485. The Labute approximate surface area is 229 Å². The Balaban J connectivity index is 1.92. The topological polar surface area (TPSA) is 60.4 Å². The molecule has 0 bridgehead atoms. The Morgan fingerprint density at radius 1 is 0.789 bits per heavy atom. The summed E-state index contributed by atoms with van der Waals surface area (Å²) in [5.74, 6) is 0.181. The Kier molecular flexibility index (Phi) is 9.35. The molecule has 1 aliphatic carbocycles. The third-order valence-corrected chi connectivity index (χ3v) is 15.7. The van der Waals surface area contributed by atoms with Crippen LogP contribution in [0.25, 0.3) is 0 Å². The highest BCUT2D eigenvalue weighted by atomic mass is 28.3. The largest absolute Gasteiger partial charge is 0.424 e. The number of rotatable bonds is 10. The van der Waals surface area contributed by atoms with E-state index in [2.05, 4.69) is 47.2 Å². The Morgan fingerprint density at radius 2 is 1.34 bits per heavy atom. The number of hydrogen-bond acceptors (Lipinski definition) is 4. The molecule has 0 aromatic heterocycles. The van der Waals surface area contributed by atoms with Crippen LogP contribution in [0.15, 0.2) is 75.7 Å². The highest BCUT2D eigenvalue weighted by Gasteiger charge is 2.42. The molecule has 0 spiro atoms. The number of ketones is 2. The van der Waals surface area contributed by atoms with Gasteiger partial charge in [0, 0.05) is 39.9 Å². The van der Waals surface area contributed by atoms with Gasteiger partial charge >= 0.3 is 5.97 Å². The first kappa shape index (κ1) is 29.8. The van der Waals surface area contributed by atoms with E-state index in [1.807, 2.05) is 30.3 Å². The molecule has 5 heteroatoms. The van der Waals surface area contributed by atoms with Gasteiger partial charge < -0.3 is 4.74 Å². The minimum absolute atomic E-state index is 0.0331. The molecule has 0 N–H and O–H groups in total. The Bertz CT molecular complexity index is 1200. The van der Waals surface area contributed by atoms with Crippen molar-refractivity contribution in [1.29, 1.82) is 0 Å². The molecule has 1 atom stereocenters. The summed E-state index contributed by atoms with van der Waals surface area (Å²) in [6.07, 6.45) is 3.78. The van der Waals surface area contributed by atoms with Crippen LogP contribution in [-0.2, 0) is 19.1 Å². The van der Waals surface area contributed by atoms with Crippen molar-refractivity contribution in [3.63, 3.8) is 0 Å². The minimum atomic E-state index is -1.92. The average Bonchev–Trinajstić information content (AvgIpc) is 3.22. The number of carbonyl (C=O) groups is 3. The second-order valence-corrected chi connectivity index (χ2v) is 17.6. The summed E-state index contributed by atoms with van der Waals surface area (Å²) in [6, 6.07) is 9.97. The van der Waals surface area contributed by atoms with Gasteiger partial charge in [-0.2, -0.15) is 0 Å². The van der Waals surface area contributed by atoms with Crippen molar-refractivity contribution >= 4 is 25.6 Å². The van der Waals surface area contributed by atoms with Crippen LogP contribution < -0.4 is 0 Å². The van der Waals surface area contributed by atoms with Crippen molar-refractivity contribution in [2.24, 2.45) is 0 Å². The fourth-order valence-electron chi connectivity index (χ4n) is 6.66. The predicted octanol–water partition coefficient (Wildman–Crippen LogP) is 8.33. The molecule has 0 saturated heterocycles. The van der Waals surface area contributed by atoms with Crippen LogP contribution >= 0.6 is 0 Å². The van der Waals surface area contributed by atoms with Gasteiger partial charge in [0.05, 0.1) is 8.07 Å². The lowest BCUT2D eigenvalue weighted by atomic mass is 9.75. The van der Waals surface area contributed by atoms with Gasteiger partial charge in [0.1, 0.15) is 5.76 Å². The number of esters is 1. The predicted molar refractivity (Wildman–Crippen MR) is 157 cm³/mol. The number of hydrogen-bond donors (Lipinski definition) is 0. The monoisotopic (exact) mass is 532 g/mol. The molecule has 4 nitrogen and oxygen atoms in total. The molecule has 0 saturated carbocycles. The van der Waals surface area contributed by atoms with E-state index in [1.54, 1.807) is 26.8 Å². The van der Waals surface area contributed by atoms with Crippen LogP contribution in [0.1, 0.15) is 93.1 Å². The summed E-state index contributed by atoms with van der Waals surface area (Å²) in [6.45, 7) is 19.0. The molecular weight excluding hydrogens is 488 g/mol. The third kappa shape index (κ3) is 5.63. The highest BCUT2D eigenvalue weighted by molar-refractivity contribution is 6.88. The summed E-state index contributed by atoms with van der Waals surface area (Å²) < 4.78 is 5.76. The van der Waals surface area contributed by atoms with E-state index in [0.717, 1.165) is 23.3 Å². The van der Waals surface area contributed by atoms with Crippen molar-refractivity contribution < 1.29 is 19.1 Å². The highest BCUT2D eigenvalue weighted by Crippen LogP contribution is 2.45. The van der Waals surface area contributed by atoms with Gasteiger partial charge in [0.2, 0.25) is 0 Å². The molecule has 1 unspecified atom stereocenters. The molecule has 1 heterocycles. The first-order valence-corrected chi connectivity index (χ1v) is 16.3. The maximum atomic E-state index is 13.4. The first-order valence-electron chi connectivity index (χ1n) is 14.0. The smallest absolute Gasteiger partial charge is 0.336 e. The number of carbonyl (C=O) groups excluding carboxylic acids is 3. The zero-order valence-corrected chi connectivity index (χ0v) is 25.6. The molecule has 2 aliphatic rings. The molecule has 0 radical (unpaired) electrons. The minimum Gasteiger partial charge on any atom is -0.424 e. The second kappa shape index (κ2) is 11.9. The number of cyclic esters (lactones) is 1. The molecular formula is C33H44O4Si. The van der Waals surface area contributed by atoms with E-state index >= 15 is 0 Å². The SMILES string of the molecule is CC1=C(C)C(=O)C(C(CCCC2=CC(=O)O/C2=C\[Si](C(C)C)(C(C)C)C(C)C)c2ccccc2)=C(C)C1=O. The maximum Gasteiger partial charge on any atom is 0.336 e. The van der Waals surface area contributed by atoms with Gasteiger partial charge in [-0.05, 0) is 62.2 Å². The van der Waals surface area contributed by atoms with Crippen LogP contribution in [0.5, 0.6) is 0 Å². The molecule has 38 heavy (non-hydrogen) atoms. The van der Waals surface area contributed by atoms with Crippen LogP contribution in [0.2, 0.25) is 16.6 Å². The molecule has 1 aliphatic heterocycles. The van der Waals surface area contributed by atoms with Gasteiger partial charge in [0.15, 0.2) is 11.6 Å². The molecule has 3 rings (SSSR count). The summed E-state index contributed by atoms with van der Waals surface area (Å²) >= 11 is 0. The average molecular weight is 533 g/mol. The number of allylic oxidation sites excluding steroid dienone is 5. The number of Topliss-reactive ketones (excluding diaryl/α,β-unsaturated/α-hetero) is 2. The van der Waals surface area contributed by atoms with Crippen molar-refractivity contribution in [3.05, 3.63) is 81.3 Å². The van der Waals surface area contributed by atoms with E-state index in [-0.39, 0.29) is 23.5 Å². The van der Waals surface area contributed by atoms with Crippen molar-refractivity contribution in [1.82, 2.24) is 0 Å². The van der Waals surface area contributed by atoms with Gasteiger partial charge in [-0.25, -0.2) is 4.79 Å². The van der Waals surface area contributed by atoms with E-state index in [0.29, 0.717) is 51.8 Å². The van der Waals surface area contributed by atoms with Gasteiger partial charge in [-0.3, -0.25) is 9.59 Å². The Hall–Kier alpha value is -2.79. The zero-order chi connectivity index (χ0) is 28.4. The number of ether oxygens (including phenoxy) is 1. The lowest BCUT2D eigenvalue weighted by molar-refractivity contribution is -0.132. The van der Waals surface area contributed by atoms with Crippen LogP contribution in [0, 0.1) is 0 Å². The quantitative estimate of drug-likeness (QED) is 0.173. The molecule has 0 fully saturated rings. The maximum absolute atomic E-state index is 13.4. The summed E-state index contributed by atoms with van der Waals surface area (Å²) in [5, 5.41) is 0.